The molecule has 3 heteroatoms. The molecule has 0 heterocycles. The second-order valence-corrected chi connectivity index (χ2v) is 1.44. The zero-order valence-electron chi connectivity index (χ0n) is 2.34. The Morgan fingerprint density at radius 1 is 1.40 bits per heavy atom. The van der Waals surface area contributed by atoms with Crippen LogP contribution in [0.25, 0.3) is 0 Å². The molecule has 0 bridgehead atoms. The van der Waals surface area contributed by atoms with E-state index in [-0.39, 0.29) is 21.5 Å². The van der Waals surface area contributed by atoms with E-state index in [4.69, 9.17) is 23.2 Å². The lowest BCUT2D eigenvalue weighted by Gasteiger charge is -1.57. The first-order valence-corrected chi connectivity index (χ1v) is 1.49. The van der Waals surface area contributed by atoms with E-state index in [0.717, 1.165) is 0 Å². The molecule has 0 aliphatic carbocycles. The van der Waals surface area contributed by atoms with Crippen molar-refractivity contribution in [2.24, 2.45) is 0 Å². The summed E-state index contributed by atoms with van der Waals surface area (Å²) in [6.45, 7) is 3.09. The Hall–Kier alpha value is 0.800. The molecule has 0 saturated carbocycles. The van der Waals surface area contributed by atoms with Crippen molar-refractivity contribution in [1.82, 2.24) is 0 Å². The fourth-order valence-electron chi connectivity index (χ4n) is 0. The van der Waals surface area contributed by atoms with Crippen LogP contribution in [0.4, 0.5) is 0 Å². The summed E-state index contributed by atoms with van der Waals surface area (Å²) in [7, 11) is 0. The van der Waals surface area contributed by atoms with Gasteiger partial charge in [0.1, 0.15) is 0 Å². The topological polar surface area (TPSA) is 0 Å². The highest BCUT2D eigenvalue weighted by Crippen LogP contribution is 1.98. The van der Waals surface area contributed by atoms with Crippen molar-refractivity contribution in [3.05, 3.63) is 11.1 Å². The first-order chi connectivity index (χ1) is 1.73. The predicted molar refractivity (Wildman–Crippen MR) is 20.8 cm³/mol. The minimum Gasteiger partial charge on any atom is -1.00 e. The Balaban J connectivity index is 0. The van der Waals surface area contributed by atoms with E-state index in [2.05, 4.69) is 6.58 Å². The maximum Gasteiger partial charge on any atom is 0.0992 e. The molecule has 5 heavy (non-hydrogen) atoms. The van der Waals surface area contributed by atoms with Crippen molar-refractivity contribution in [3.8, 4) is 0 Å². The molecule has 0 fully saturated rings. The summed E-state index contributed by atoms with van der Waals surface area (Å²) in [6, 6.07) is 0. The Morgan fingerprint density at radius 2 is 1.40 bits per heavy atom. The fraction of sp³-hybridized carbons (Fsp3) is 0. The summed E-state index contributed by atoms with van der Waals surface area (Å²) in [6.07, 6.45) is 0. The van der Waals surface area contributed by atoms with Gasteiger partial charge in [0.2, 0.25) is 0 Å². The highest BCUT2D eigenvalue weighted by Gasteiger charge is 1.60. The molecule has 0 aliphatic heterocycles. The van der Waals surface area contributed by atoms with Crippen molar-refractivity contribution in [2.75, 3.05) is 0 Å². The summed E-state index contributed by atoms with van der Waals surface area (Å²) in [4.78, 5) is 0. The summed E-state index contributed by atoms with van der Waals surface area (Å²) in [5.41, 5.74) is 0. The Labute approximate surface area is 51.5 Å². The molecule has 0 radical (unpaired) electrons. The SMILES string of the molecule is C=C(Cl)Cl.[Br-]. The molecule has 0 rings (SSSR count). The summed E-state index contributed by atoms with van der Waals surface area (Å²) >= 11 is 9.69. The van der Waals surface area contributed by atoms with Crippen LogP contribution in [0, 0.1) is 0 Å². The second-order valence-electron chi connectivity index (χ2n) is 0.339. The zero-order chi connectivity index (χ0) is 3.58. The Kier molecular flexibility index (Phi) is 8.88. The van der Waals surface area contributed by atoms with Crippen LogP contribution < -0.4 is 17.0 Å². The van der Waals surface area contributed by atoms with Gasteiger partial charge in [-0.25, -0.2) is 0 Å². The zero-order valence-corrected chi connectivity index (χ0v) is 5.44. The lowest BCUT2D eigenvalue weighted by atomic mass is 11.3. The van der Waals surface area contributed by atoms with E-state index in [9.17, 15) is 0 Å². The molecule has 0 unspecified atom stereocenters. The first kappa shape index (κ1) is 9.25. The van der Waals surface area contributed by atoms with E-state index in [1.165, 1.54) is 0 Å². The third-order valence-corrected chi connectivity index (χ3v) is 0. The van der Waals surface area contributed by atoms with E-state index in [1.807, 2.05) is 0 Å². The molecule has 0 aliphatic rings. The van der Waals surface area contributed by atoms with Gasteiger partial charge >= 0.3 is 0 Å². The highest BCUT2D eigenvalue weighted by atomic mass is 79.9. The molecular formula is C2H2BrCl2-. The number of rotatable bonds is 0. The molecule has 0 aromatic heterocycles. The van der Waals surface area contributed by atoms with Gasteiger partial charge in [-0.15, -0.1) is 0 Å². The average Bonchev–Trinajstić information content (AvgIpc) is 0.811. The smallest absolute Gasteiger partial charge is 0.0992 e. The lowest BCUT2D eigenvalue weighted by molar-refractivity contribution is -0.000000695. The van der Waals surface area contributed by atoms with Gasteiger partial charge in [-0.1, -0.05) is 29.8 Å². The Morgan fingerprint density at radius 3 is 1.40 bits per heavy atom. The monoisotopic (exact) mass is 175 g/mol. The van der Waals surface area contributed by atoms with E-state index < -0.39 is 0 Å². The van der Waals surface area contributed by atoms with Gasteiger partial charge in [0.05, 0.1) is 4.49 Å². The second kappa shape index (κ2) is 4.80. The standard InChI is InChI=1S/C2H2Cl2.BrH/c1-2(3)4;/h1H2;1H/p-1. The van der Waals surface area contributed by atoms with Crippen LogP contribution in [0.15, 0.2) is 11.1 Å². The Bertz CT molecular complexity index is 30.6. The van der Waals surface area contributed by atoms with Crippen LogP contribution >= 0.6 is 23.2 Å². The number of hydrogen-bond acceptors (Lipinski definition) is 0. The van der Waals surface area contributed by atoms with Gasteiger partial charge in [-0.2, -0.15) is 0 Å². The normalized spacial score (nSPS) is 5.20. The van der Waals surface area contributed by atoms with Gasteiger partial charge in [0.25, 0.3) is 0 Å². The lowest BCUT2D eigenvalue weighted by Crippen LogP contribution is -3.00. The van der Waals surface area contributed by atoms with Gasteiger partial charge in [-0.05, 0) is 0 Å². The molecule has 0 spiro atoms. The van der Waals surface area contributed by atoms with Crippen molar-refractivity contribution >= 4 is 23.2 Å². The van der Waals surface area contributed by atoms with Crippen molar-refractivity contribution in [1.29, 1.82) is 0 Å². The maximum absolute atomic E-state index is 4.85. The van der Waals surface area contributed by atoms with Crippen molar-refractivity contribution in [3.63, 3.8) is 0 Å². The van der Waals surface area contributed by atoms with E-state index in [0.29, 0.717) is 0 Å². The molecule has 0 N–H and O–H groups in total. The third kappa shape index (κ3) is 58.8. The molecule has 0 amide bonds. The van der Waals surface area contributed by atoms with Gasteiger partial charge in [0, 0.05) is 0 Å². The molecule has 0 aromatic carbocycles. The average molecular weight is 177 g/mol. The summed E-state index contributed by atoms with van der Waals surface area (Å²) in [5.74, 6) is 0. The highest BCUT2D eigenvalue weighted by molar-refractivity contribution is 6.55. The van der Waals surface area contributed by atoms with E-state index >= 15 is 0 Å². The summed E-state index contributed by atoms with van der Waals surface area (Å²) in [5, 5.41) is 0. The van der Waals surface area contributed by atoms with Crippen LogP contribution in [-0.2, 0) is 0 Å². The molecular weight excluding hydrogens is 175 g/mol. The third-order valence-electron chi connectivity index (χ3n) is 0. The van der Waals surface area contributed by atoms with Gasteiger partial charge in [-0.3, -0.25) is 0 Å². The number of hydrogen-bond donors (Lipinski definition) is 0. The van der Waals surface area contributed by atoms with Crippen LogP contribution in [-0.4, -0.2) is 0 Å². The first-order valence-electron chi connectivity index (χ1n) is 0.732. The van der Waals surface area contributed by atoms with Crippen molar-refractivity contribution in [2.45, 2.75) is 0 Å². The van der Waals surface area contributed by atoms with Gasteiger partial charge < -0.3 is 17.0 Å². The molecule has 0 atom stereocenters. The van der Waals surface area contributed by atoms with Crippen LogP contribution in [0.1, 0.15) is 0 Å². The molecule has 0 nitrogen and oxygen atoms in total. The molecule has 32 valence electrons. The minimum absolute atomic E-state index is 0. The minimum atomic E-state index is 0. The summed E-state index contributed by atoms with van der Waals surface area (Å²) < 4.78 is 0.111. The van der Waals surface area contributed by atoms with Crippen LogP contribution in [0.2, 0.25) is 0 Å². The van der Waals surface area contributed by atoms with Crippen molar-refractivity contribution < 1.29 is 17.0 Å². The molecule has 0 saturated heterocycles. The number of halogens is 3. The maximum atomic E-state index is 4.85. The van der Waals surface area contributed by atoms with Crippen LogP contribution in [0.3, 0.4) is 0 Å². The van der Waals surface area contributed by atoms with Gasteiger partial charge in [0.15, 0.2) is 0 Å². The predicted octanol–water partition coefficient (Wildman–Crippen LogP) is -1.06. The fourth-order valence-corrected chi connectivity index (χ4v) is 0. The quantitative estimate of drug-likeness (QED) is 0.442. The van der Waals surface area contributed by atoms with Crippen LogP contribution in [0.5, 0.6) is 0 Å². The largest absolute Gasteiger partial charge is 1.00 e. The van der Waals surface area contributed by atoms with E-state index in [1.54, 1.807) is 0 Å². The molecule has 0 aromatic rings.